The number of aryl methyl sites for hydroxylation is 1. The van der Waals surface area contributed by atoms with Gasteiger partial charge in [0.2, 0.25) is 0 Å². The van der Waals surface area contributed by atoms with Crippen LogP contribution in [0, 0.1) is 0 Å². The number of nitrogens with zero attached hydrogens (tertiary/aromatic N) is 4. The molecule has 20 heavy (non-hydrogen) atoms. The number of halogens is 4. The number of carboxylic acids is 1. The summed E-state index contributed by atoms with van der Waals surface area (Å²) < 4.78 is 45.1. The predicted octanol–water partition coefficient (Wildman–Crippen LogP) is 2.00. The van der Waals surface area contributed by atoms with Crippen LogP contribution in [0.15, 0.2) is 17.8 Å². The van der Waals surface area contributed by atoms with Crippen molar-refractivity contribution in [3.05, 3.63) is 17.8 Å². The predicted molar refractivity (Wildman–Crippen MR) is 60.8 cm³/mol. The molecule has 0 aliphatic rings. The van der Waals surface area contributed by atoms with E-state index < -0.39 is 18.8 Å². The third-order valence-corrected chi connectivity index (χ3v) is 2.54. The van der Waals surface area contributed by atoms with Crippen LogP contribution in [-0.2, 0) is 11.3 Å². The van der Waals surface area contributed by atoms with Gasteiger partial charge < -0.3 is 5.11 Å². The average molecular weight is 312 g/mol. The molecule has 0 aliphatic heterocycles. The maximum atomic E-state index is 11.9. The van der Waals surface area contributed by atoms with E-state index in [0.717, 1.165) is 5.01 Å². The van der Waals surface area contributed by atoms with E-state index >= 15 is 0 Å². The molecule has 0 bridgehead atoms. The molecular weight excluding hydrogens is 304 g/mol. The smallest absolute Gasteiger partial charge is 0.475 e. The van der Waals surface area contributed by atoms with E-state index in [1.807, 2.05) is 5.38 Å². The Labute approximate surface area is 113 Å². The van der Waals surface area contributed by atoms with Gasteiger partial charge in [-0.1, -0.05) is 5.21 Å². The van der Waals surface area contributed by atoms with E-state index in [4.69, 9.17) is 9.90 Å². The maximum absolute atomic E-state index is 11.9. The second-order valence-electron chi connectivity index (χ2n) is 3.20. The zero-order valence-corrected chi connectivity index (χ0v) is 10.5. The van der Waals surface area contributed by atoms with E-state index in [1.54, 1.807) is 12.4 Å². The fourth-order valence-electron chi connectivity index (χ4n) is 0.942. The van der Waals surface area contributed by atoms with Crippen molar-refractivity contribution in [2.24, 2.45) is 0 Å². The van der Waals surface area contributed by atoms with E-state index in [-0.39, 0.29) is 6.54 Å². The normalized spacial score (nSPS) is 10.8. The summed E-state index contributed by atoms with van der Waals surface area (Å²) in [5.74, 6) is -2.76. The molecule has 2 heterocycles. The molecule has 0 aromatic carbocycles. The molecule has 0 unspecified atom stereocenters. The van der Waals surface area contributed by atoms with Gasteiger partial charge in [0.05, 0.1) is 12.7 Å². The van der Waals surface area contributed by atoms with Crippen LogP contribution in [0.2, 0.25) is 0 Å². The Morgan fingerprint density at radius 3 is 2.55 bits per heavy atom. The van der Waals surface area contributed by atoms with Gasteiger partial charge in [-0.05, 0) is 0 Å². The molecule has 2 aromatic rings. The fraction of sp³-hybridized carbons (Fsp3) is 0.333. The molecule has 0 spiro atoms. The standard InChI is InChI=1S/C7H7FN4S.C2HF3O2/c8-1-3-12-5-6(10-11-12)7-9-2-4-13-7;3-2(4,5)1(6)7/h2,4-5H,1,3H2;(H,6,7). The molecule has 110 valence electrons. The van der Waals surface area contributed by atoms with Gasteiger partial charge in [0.1, 0.15) is 17.4 Å². The molecule has 0 saturated heterocycles. The Morgan fingerprint density at radius 1 is 1.45 bits per heavy atom. The van der Waals surface area contributed by atoms with Gasteiger partial charge in [-0.25, -0.2) is 18.9 Å². The highest BCUT2D eigenvalue weighted by atomic mass is 32.1. The number of carboxylic acid groups (broad SMARTS) is 1. The summed E-state index contributed by atoms with van der Waals surface area (Å²) in [6, 6.07) is 0. The third-order valence-electron chi connectivity index (χ3n) is 1.75. The quantitative estimate of drug-likeness (QED) is 0.877. The molecule has 6 nitrogen and oxygen atoms in total. The van der Waals surface area contributed by atoms with Crippen LogP contribution in [0.4, 0.5) is 17.6 Å². The largest absolute Gasteiger partial charge is 0.490 e. The van der Waals surface area contributed by atoms with E-state index in [2.05, 4.69) is 15.3 Å². The number of aromatic nitrogens is 4. The summed E-state index contributed by atoms with van der Waals surface area (Å²) in [5.41, 5.74) is 0.698. The average Bonchev–Trinajstić information content (AvgIpc) is 2.97. The van der Waals surface area contributed by atoms with E-state index in [9.17, 15) is 17.6 Å². The van der Waals surface area contributed by atoms with Crippen molar-refractivity contribution in [3.8, 4) is 10.7 Å². The Balaban J connectivity index is 0.000000246. The number of rotatable bonds is 3. The monoisotopic (exact) mass is 312 g/mol. The summed E-state index contributed by atoms with van der Waals surface area (Å²) in [6.07, 6.45) is -1.69. The second kappa shape index (κ2) is 6.93. The molecule has 0 fully saturated rings. The highest BCUT2D eigenvalue weighted by Crippen LogP contribution is 2.17. The molecule has 2 rings (SSSR count). The highest BCUT2D eigenvalue weighted by molar-refractivity contribution is 7.13. The minimum absolute atomic E-state index is 0.248. The van der Waals surface area contributed by atoms with E-state index in [1.165, 1.54) is 16.0 Å². The van der Waals surface area contributed by atoms with Crippen LogP contribution in [0.5, 0.6) is 0 Å². The summed E-state index contributed by atoms with van der Waals surface area (Å²) in [7, 11) is 0. The topological polar surface area (TPSA) is 80.9 Å². The molecule has 0 amide bonds. The molecular formula is C9H8F4N4O2S. The van der Waals surface area contributed by atoms with Gasteiger partial charge in [0, 0.05) is 11.6 Å². The van der Waals surface area contributed by atoms with Gasteiger partial charge in [0.15, 0.2) is 0 Å². The first-order valence-corrected chi connectivity index (χ1v) is 5.88. The minimum Gasteiger partial charge on any atom is -0.475 e. The minimum atomic E-state index is -5.08. The van der Waals surface area contributed by atoms with E-state index in [0.29, 0.717) is 5.69 Å². The zero-order chi connectivity index (χ0) is 15.2. The number of aliphatic carboxylic acids is 1. The van der Waals surface area contributed by atoms with Crippen LogP contribution < -0.4 is 0 Å². The molecule has 0 aliphatic carbocycles. The van der Waals surface area contributed by atoms with Gasteiger partial charge in [-0.15, -0.1) is 16.4 Å². The lowest BCUT2D eigenvalue weighted by molar-refractivity contribution is -0.192. The lowest BCUT2D eigenvalue weighted by Gasteiger charge is -1.93. The summed E-state index contributed by atoms with van der Waals surface area (Å²) in [5, 5.41) is 17.4. The van der Waals surface area contributed by atoms with Crippen molar-refractivity contribution in [3.63, 3.8) is 0 Å². The van der Waals surface area contributed by atoms with Crippen molar-refractivity contribution >= 4 is 17.3 Å². The lowest BCUT2D eigenvalue weighted by atomic mass is 10.5. The SMILES string of the molecule is FCCn1cc(-c2nccs2)nn1.O=C(O)C(F)(F)F. The molecule has 1 N–H and O–H groups in total. The number of thiazole rings is 1. The Bertz CT molecular complexity index is 540. The van der Waals surface area contributed by atoms with Gasteiger partial charge in [0.25, 0.3) is 0 Å². The zero-order valence-electron chi connectivity index (χ0n) is 9.71. The van der Waals surface area contributed by atoms with Crippen molar-refractivity contribution < 1.29 is 27.5 Å². The van der Waals surface area contributed by atoms with Gasteiger partial charge >= 0.3 is 12.1 Å². The van der Waals surface area contributed by atoms with Crippen molar-refractivity contribution in [1.82, 2.24) is 20.0 Å². The third kappa shape index (κ3) is 4.91. The molecule has 0 atom stereocenters. The first-order valence-electron chi connectivity index (χ1n) is 5.00. The Kier molecular flexibility index (Phi) is 5.55. The van der Waals surface area contributed by atoms with Crippen molar-refractivity contribution in [2.45, 2.75) is 12.7 Å². The maximum Gasteiger partial charge on any atom is 0.490 e. The van der Waals surface area contributed by atoms with Crippen LogP contribution in [-0.4, -0.2) is 43.9 Å². The van der Waals surface area contributed by atoms with Crippen LogP contribution in [0.3, 0.4) is 0 Å². The number of hydrogen-bond acceptors (Lipinski definition) is 5. The van der Waals surface area contributed by atoms with Crippen molar-refractivity contribution in [2.75, 3.05) is 6.67 Å². The summed E-state index contributed by atoms with van der Waals surface area (Å²) >= 11 is 1.49. The molecule has 0 saturated carbocycles. The number of hydrogen-bond donors (Lipinski definition) is 1. The number of alkyl halides is 4. The fourth-order valence-corrected chi connectivity index (χ4v) is 1.53. The van der Waals surface area contributed by atoms with Crippen LogP contribution >= 0.6 is 11.3 Å². The summed E-state index contributed by atoms with van der Waals surface area (Å²) in [6.45, 7) is -0.182. The first kappa shape index (κ1) is 16.0. The lowest BCUT2D eigenvalue weighted by Crippen LogP contribution is -2.21. The molecule has 11 heteroatoms. The van der Waals surface area contributed by atoms with Crippen molar-refractivity contribution in [1.29, 1.82) is 0 Å². The highest BCUT2D eigenvalue weighted by Gasteiger charge is 2.38. The summed E-state index contributed by atoms with van der Waals surface area (Å²) in [4.78, 5) is 13.0. The van der Waals surface area contributed by atoms with Crippen LogP contribution in [0.25, 0.3) is 10.7 Å². The Hall–Kier alpha value is -2.04. The van der Waals surface area contributed by atoms with Gasteiger partial charge in [-0.2, -0.15) is 13.2 Å². The molecule has 0 radical (unpaired) electrons. The number of carbonyl (C=O) groups is 1. The first-order chi connectivity index (χ1) is 9.34. The molecule has 2 aromatic heterocycles. The Morgan fingerprint density at radius 2 is 2.10 bits per heavy atom. The van der Waals surface area contributed by atoms with Gasteiger partial charge in [-0.3, -0.25) is 0 Å². The second-order valence-corrected chi connectivity index (χ2v) is 4.09. The van der Waals surface area contributed by atoms with Crippen LogP contribution in [0.1, 0.15) is 0 Å².